The van der Waals surface area contributed by atoms with Gasteiger partial charge in [-0.1, -0.05) is 213 Å². The first-order chi connectivity index (χ1) is 27.0. The predicted octanol–water partition coefficient (Wildman–Crippen LogP) is 15.4. The zero-order chi connectivity index (χ0) is 40.1. The molecule has 0 bridgehead atoms. The first-order valence-corrected chi connectivity index (χ1v) is 24.2. The van der Waals surface area contributed by atoms with Crippen molar-refractivity contribution in [2.45, 2.75) is 271 Å². The van der Waals surface area contributed by atoms with Gasteiger partial charge in [-0.05, 0) is 44.9 Å². The molecule has 0 amide bonds. The van der Waals surface area contributed by atoms with Gasteiger partial charge in [-0.25, -0.2) is 0 Å². The van der Waals surface area contributed by atoms with Crippen molar-refractivity contribution in [3.63, 3.8) is 0 Å². The van der Waals surface area contributed by atoms with Gasteiger partial charge in [0, 0.05) is 19.3 Å². The van der Waals surface area contributed by atoms with E-state index in [0.717, 1.165) is 64.2 Å². The smallest absolute Gasteiger partial charge is 0.306 e. The van der Waals surface area contributed by atoms with Gasteiger partial charge in [0.25, 0.3) is 0 Å². The molecular weight excluding hydrogens is 685 g/mol. The fourth-order valence-electron chi connectivity index (χ4n) is 7.08. The van der Waals surface area contributed by atoms with Gasteiger partial charge < -0.3 is 14.2 Å². The van der Waals surface area contributed by atoms with Gasteiger partial charge in [-0.15, -0.1) is 0 Å². The van der Waals surface area contributed by atoms with Crippen molar-refractivity contribution in [3.05, 3.63) is 12.2 Å². The molecule has 0 aromatic rings. The van der Waals surface area contributed by atoms with E-state index in [1.165, 1.54) is 161 Å². The maximum absolute atomic E-state index is 12.7. The molecule has 0 heterocycles. The van der Waals surface area contributed by atoms with Gasteiger partial charge in [-0.3, -0.25) is 14.4 Å². The Bertz CT molecular complexity index is 854. The van der Waals surface area contributed by atoms with E-state index in [4.69, 9.17) is 14.2 Å². The van der Waals surface area contributed by atoms with Crippen LogP contribution < -0.4 is 0 Å². The maximum Gasteiger partial charge on any atom is 0.306 e. The molecule has 0 aliphatic heterocycles. The molecular formula is C49H92O6. The van der Waals surface area contributed by atoms with Crippen LogP contribution in [0.1, 0.15) is 265 Å². The zero-order valence-corrected chi connectivity index (χ0v) is 37.0. The summed E-state index contributed by atoms with van der Waals surface area (Å²) >= 11 is 0. The lowest BCUT2D eigenvalue weighted by atomic mass is 10.0. The van der Waals surface area contributed by atoms with E-state index in [0.29, 0.717) is 19.3 Å². The summed E-state index contributed by atoms with van der Waals surface area (Å²) in [5, 5.41) is 0. The molecule has 55 heavy (non-hydrogen) atoms. The second-order valence-corrected chi connectivity index (χ2v) is 16.4. The van der Waals surface area contributed by atoms with E-state index in [1.807, 2.05) is 0 Å². The van der Waals surface area contributed by atoms with Crippen molar-refractivity contribution >= 4 is 17.9 Å². The highest BCUT2D eigenvalue weighted by Gasteiger charge is 2.19. The number of carbonyl (C=O) groups is 3. The van der Waals surface area contributed by atoms with E-state index < -0.39 is 6.10 Å². The van der Waals surface area contributed by atoms with Crippen molar-refractivity contribution in [1.82, 2.24) is 0 Å². The van der Waals surface area contributed by atoms with Crippen molar-refractivity contribution < 1.29 is 28.6 Å². The summed E-state index contributed by atoms with van der Waals surface area (Å²) in [7, 11) is 0. The van der Waals surface area contributed by atoms with Gasteiger partial charge in [0.2, 0.25) is 0 Å². The Balaban J connectivity index is 4.32. The Morgan fingerprint density at radius 1 is 0.345 bits per heavy atom. The number of carbonyl (C=O) groups excluding carboxylic acids is 3. The molecule has 6 heteroatoms. The van der Waals surface area contributed by atoms with E-state index in [9.17, 15) is 14.4 Å². The topological polar surface area (TPSA) is 78.9 Å². The highest BCUT2D eigenvalue weighted by Crippen LogP contribution is 2.15. The van der Waals surface area contributed by atoms with Crippen molar-refractivity contribution in [1.29, 1.82) is 0 Å². The van der Waals surface area contributed by atoms with Crippen LogP contribution in [0, 0.1) is 0 Å². The van der Waals surface area contributed by atoms with Crippen LogP contribution in [0.4, 0.5) is 0 Å². The molecule has 0 rings (SSSR count). The fourth-order valence-corrected chi connectivity index (χ4v) is 7.08. The Kier molecular flexibility index (Phi) is 43.4. The summed E-state index contributed by atoms with van der Waals surface area (Å²) in [6, 6.07) is 0. The standard InChI is InChI=1S/C49H92O6/c1-4-7-10-13-16-19-21-23-24-26-28-31-34-37-40-43-49(52)55-46(44-53-47(50)41-38-35-32-29-18-15-12-9-6-3)45-54-48(51)42-39-36-33-30-27-25-22-20-17-14-11-8-5-2/h23-24,46H,4-22,25-45H2,1-3H3/b24-23-. The van der Waals surface area contributed by atoms with Crippen LogP contribution in [-0.4, -0.2) is 37.2 Å². The highest BCUT2D eigenvalue weighted by atomic mass is 16.6. The molecule has 0 N–H and O–H groups in total. The number of esters is 3. The Morgan fingerprint density at radius 3 is 0.909 bits per heavy atom. The third-order valence-corrected chi connectivity index (χ3v) is 10.8. The monoisotopic (exact) mass is 777 g/mol. The molecule has 324 valence electrons. The van der Waals surface area contributed by atoms with E-state index >= 15 is 0 Å². The van der Waals surface area contributed by atoms with Crippen molar-refractivity contribution in [2.75, 3.05) is 13.2 Å². The van der Waals surface area contributed by atoms with Crippen LogP contribution in [-0.2, 0) is 28.6 Å². The van der Waals surface area contributed by atoms with Gasteiger partial charge in [-0.2, -0.15) is 0 Å². The van der Waals surface area contributed by atoms with Crippen molar-refractivity contribution in [3.8, 4) is 0 Å². The Hall–Kier alpha value is -1.85. The minimum atomic E-state index is -0.765. The lowest BCUT2D eigenvalue weighted by Crippen LogP contribution is -2.30. The number of ether oxygens (including phenoxy) is 3. The summed E-state index contributed by atoms with van der Waals surface area (Å²) in [4.78, 5) is 37.7. The minimum absolute atomic E-state index is 0.0687. The van der Waals surface area contributed by atoms with Gasteiger partial charge in [0.15, 0.2) is 6.10 Å². The van der Waals surface area contributed by atoms with Gasteiger partial charge in [0.1, 0.15) is 13.2 Å². The van der Waals surface area contributed by atoms with Crippen LogP contribution >= 0.6 is 0 Å². The number of rotatable bonds is 44. The quantitative estimate of drug-likeness (QED) is 0.0265. The van der Waals surface area contributed by atoms with Gasteiger partial charge >= 0.3 is 17.9 Å². The molecule has 1 atom stereocenters. The number of hydrogen-bond acceptors (Lipinski definition) is 6. The molecule has 0 aliphatic rings. The predicted molar refractivity (Wildman–Crippen MR) is 233 cm³/mol. The number of hydrogen-bond donors (Lipinski definition) is 0. The normalized spacial score (nSPS) is 12.0. The summed E-state index contributed by atoms with van der Waals surface area (Å²) in [6.07, 6.45) is 47.6. The van der Waals surface area contributed by atoms with E-state index in [2.05, 4.69) is 32.9 Å². The average molecular weight is 777 g/mol. The molecule has 0 aliphatic carbocycles. The third kappa shape index (κ3) is 43.1. The first-order valence-electron chi connectivity index (χ1n) is 24.2. The Morgan fingerprint density at radius 2 is 0.600 bits per heavy atom. The summed E-state index contributed by atoms with van der Waals surface area (Å²) in [5.41, 5.74) is 0. The van der Waals surface area contributed by atoms with E-state index in [-0.39, 0.29) is 31.1 Å². The summed E-state index contributed by atoms with van der Waals surface area (Å²) < 4.78 is 16.7. The molecule has 0 radical (unpaired) electrons. The lowest BCUT2D eigenvalue weighted by molar-refractivity contribution is -0.167. The van der Waals surface area contributed by atoms with E-state index in [1.54, 1.807) is 0 Å². The number of unbranched alkanes of at least 4 members (excludes halogenated alkanes) is 31. The molecule has 0 aromatic heterocycles. The minimum Gasteiger partial charge on any atom is -0.462 e. The maximum atomic E-state index is 12.7. The van der Waals surface area contributed by atoms with Gasteiger partial charge in [0.05, 0.1) is 0 Å². The van der Waals surface area contributed by atoms with Crippen molar-refractivity contribution in [2.24, 2.45) is 0 Å². The molecule has 6 nitrogen and oxygen atoms in total. The highest BCUT2D eigenvalue weighted by molar-refractivity contribution is 5.71. The largest absolute Gasteiger partial charge is 0.462 e. The van der Waals surface area contributed by atoms with Crippen LogP contribution in [0.3, 0.4) is 0 Å². The van der Waals surface area contributed by atoms with Crippen LogP contribution in [0.5, 0.6) is 0 Å². The second-order valence-electron chi connectivity index (χ2n) is 16.4. The Labute approximate surface area is 341 Å². The third-order valence-electron chi connectivity index (χ3n) is 10.8. The number of allylic oxidation sites excluding steroid dienone is 2. The lowest BCUT2D eigenvalue weighted by Gasteiger charge is -2.18. The molecule has 0 saturated carbocycles. The van der Waals surface area contributed by atoms with Crippen LogP contribution in [0.15, 0.2) is 12.2 Å². The molecule has 0 spiro atoms. The summed E-state index contributed by atoms with van der Waals surface area (Å²) in [5.74, 6) is -0.868. The molecule has 0 aromatic carbocycles. The second kappa shape index (κ2) is 44.9. The molecule has 0 saturated heterocycles. The SMILES string of the molecule is CCCCCCCC/C=C\CCCCCCCC(=O)OC(COC(=O)CCCCCCCCCCC)COC(=O)CCCCCCCCCCCCCCC. The average Bonchev–Trinajstić information content (AvgIpc) is 3.18. The summed E-state index contributed by atoms with van der Waals surface area (Å²) in [6.45, 7) is 6.62. The zero-order valence-electron chi connectivity index (χ0n) is 37.0. The van der Waals surface area contributed by atoms with Crippen LogP contribution in [0.2, 0.25) is 0 Å². The molecule has 1 unspecified atom stereocenters. The first kappa shape index (κ1) is 53.1. The fraction of sp³-hybridized carbons (Fsp3) is 0.898. The van der Waals surface area contributed by atoms with Crippen LogP contribution in [0.25, 0.3) is 0 Å². The molecule has 0 fully saturated rings.